The zero-order valence-electron chi connectivity index (χ0n) is 12.0. The number of nitrogens with two attached hydrogens (primary N) is 1. The van der Waals surface area contributed by atoms with E-state index in [1.165, 1.54) is 19.3 Å². The third kappa shape index (κ3) is 2.46. The van der Waals surface area contributed by atoms with Gasteiger partial charge in [0.2, 0.25) is 0 Å². The molecular weight excluding hydrogens is 236 g/mol. The Labute approximate surface area is 115 Å². The third-order valence-electron chi connectivity index (χ3n) is 4.68. The molecule has 3 unspecified atom stereocenters. The highest BCUT2D eigenvalue weighted by molar-refractivity contribution is 5.41. The summed E-state index contributed by atoms with van der Waals surface area (Å²) >= 11 is 0. The van der Waals surface area contributed by atoms with E-state index in [4.69, 9.17) is 10.7 Å². The number of hydrogen-bond acceptors (Lipinski definition) is 4. The van der Waals surface area contributed by atoms with Crippen LogP contribution in [0.3, 0.4) is 0 Å². The Hall–Kier alpha value is -1.16. The second-order valence-electron chi connectivity index (χ2n) is 6.06. The smallest absolute Gasteiger partial charge is 0.132 e. The summed E-state index contributed by atoms with van der Waals surface area (Å²) in [7, 11) is 0. The van der Waals surface area contributed by atoms with Crippen molar-refractivity contribution in [1.82, 2.24) is 9.97 Å². The molecule has 2 heterocycles. The fraction of sp³-hybridized carbons (Fsp3) is 0.733. The van der Waals surface area contributed by atoms with Gasteiger partial charge in [-0.1, -0.05) is 13.3 Å². The molecule has 4 nitrogen and oxygen atoms in total. The molecule has 0 radical (unpaired) electrons. The van der Waals surface area contributed by atoms with E-state index in [1.54, 1.807) is 0 Å². The number of anilines is 1. The molecule has 2 N–H and O–H groups in total. The van der Waals surface area contributed by atoms with E-state index in [0.717, 1.165) is 42.8 Å². The van der Waals surface area contributed by atoms with Crippen LogP contribution in [0.5, 0.6) is 0 Å². The first-order chi connectivity index (χ1) is 9.17. The van der Waals surface area contributed by atoms with Crippen molar-refractivity contribution in [2.45, 2.75) is 45.6 Å². The van der Waals surface area contributed by atoms with E-state index in [2.05, 4.69) is 29.8 Å². The minimum atomic E-state index is 0.386. The van der Waals surface area contributed by atoms with Gasteiger partial charge in [-0.3, -0.25) is 0 Å². The summed E-state index contributed by atoms with van der Waals surface area (Å²) in [4.78, 5) is 11.6. The van der Waals surface area contributed by atoms with Crippen LogP contribution >= 0.6 is 0 Å². The molecule has 0 aromatic carbocycles. The standard InChI is InChI=1S/C15H24N4/c1-3-14-17-10(2)7-15(18-14)19-8-11-5-4-6-13(16)12(11)9-19/h7,11-13H,3-6,8-9,16H2,1-2H3. The molecule has 19 heavy (non-hydrogen) atoms. The Balaban J connectivity index is 1.82. The van der Waals surface area contributed by atoms with Gasteiger partial charge in [0.25, 0.3) is 0 Å². The SMILES string of the molecule is CCc1nc(C)cc(N2CC3CCCC(N)C3C2)n1. The van der Waals surface area contributed by atoms with E-state index >= 15 is 0 Å². The summed E-state index contributed by atoms with van der Waals surface area (Å²) in [5, 5.41) is 0. The second-order valence-corrected chi connectivity index (χ2v) is 6.06. The Morgan fingerprint density at radius 3 is 2.89 bits per heavy atom. The quantitative estimate of drug-likeness (QED) is 0.882. The van der Waals surface area contributed by atoms with Gasteiger partial charge < -0.3 is 10.6 Å². The van der Waals surface area contributed by atoms with Crippen molar-refractivity contribution in [2.75, 3.05) is 18.0 Å². The molecule has 0 spiro atoms. The van der Waals surface area contributed by atoms with Gasteiger partial charge in [0.05, 0.1) is 0 Å². The molecule has 104 valence electrons. The number of nitrogens with zero attached hydrogens (tertiary/aromatic N) is 3. The number of fused-ring (bicyclic) bond motifs is 1. The van der Waals surface area contributed by atoms with Crippen molar-refractivity contribution in [3.63, 3.8) is 0 Å². The average Bonchev–Trinajstić information content (AvgIpc) is 2.83. The van der Waals surface area contributed by atoms with Crippen LogP contribution in [0.4, 0.5) is 5.82 Å². The molecule has 3 rings (SSSR count). The number of aryl methyl sites for hydroxylation is 2. The maximum absolute atomic E-state index is 6.29. The van der Waals surface area contributed by atoms with Crippen LogP contribution < -0.4 is 10.6 Å². The molecule has 1 aromatic rings. The number of rotatable bonds is 2. The van der Waals surface area contributed by atoms with E-state index in [9.17, 15) is 0 Å². The summed E-state index contributed by atoms with van der Waals surface area (Å²) in [5.74, 6) is 3.48. The van der Waals surface area contributed by atoms with Crippen LogP contribution in [0.15, 0.2) is 6.07 Å². The van der Waals surface area contributed by atoms with Crippen LogP contribution in [0.25, 0.3) is 0 Å². The number of aromatic nitrogens is 2. The lowest BCUT2D eigenvalue weighted by atomic mass is 9.78. The van der Waals surface area contributed by atoms with Gasteiger partial charge in [0.15, 0.2) is 0 Å². The molecule has 1 aliphatic heterocycles. The van der Waals surface area contributed by atoms with Crippen LogP contribution in [0.2, 0.25) is 0 Å². The molecule has 3 atom stereocenters. The maximum atomic E-state index is 6.29. The first-order valence-electron chi connectivity index (χ1n) is 7.52. The first kappa shape index (κ1) is 12.9. The molecular formula is C15H24N4. The fourth-order valence-electron chi connectivity index (χ4n) is 3.64. The van der Waals surface area contributed by atoms with Gasteiger partial charge in [-0.25, -0.2) is 9.97 Å². The Morgan fingerprint density at radius 2 is 2.16 bits per heavy atom. The second kappa shape index (κ2) is 5.08. The van der Waals surface area contributed by atoms with Gasteiger partial charge in [0, 0.05) is 37.3 Å². The van der Waals surface area contributed by atoms with Crippen LogP contribution in [-0.4, -0.2) is 29.1 Å². The summed E-state index contributed by atoms with van der Waals surface area (Å²) in [6, 6.07) is 2.50. The molecule has 4 heteroatoms. The summed E-state index contributed by atoms with van der Waals surface area (Å²) < 4.78 is 0. The highest BCUT2D eigenvalue weighted by Gasteiger charge is 2.39. The average molecular weight is 260 g/mol. The number of hydrogen-bond donors (Lipinski definition) is 1. The van der Waals surface area contributed by atoms with Gasteiger partial charge in [0.1, 0.15) is 11.6 Å². The summed E-state index contributed by atoms with van der Waals surface area (Å²) in [6.07, 6.45) is 4.71. The monoisotopic (exact) mass is 260 g/mol. The van der Waals surface area contributed by atoms with Gasteiger partial charge >= 0.3 is 0 Å². The predicted molar refractivity (Wildman–Crippen MR) is 77.2 cm³/mol. The zero-order valence-corrected chi connectivity index (χ0v) is 12.0. The van der Waals surface area contributed by atoms with Crippen LogP contribution in [0, 0.1) is 18.8 Å². The normalized spacial score (nSPS) is 30.5. The molecule has 1 aromatic heterocycles. The lowest BCUT2D eigenvalue weighted by molar-refractivity contribution is 0.260. The Morgan fingerprint density at radius 1 is 1.32 bits per heavy atom. The van der Waals surface area contributed by atoms with Crippen LogP contribution in [-0.2, 0) is 6.42 Å². The van der Waals surface area contributed by atoms with Gasteiger partial charge in [-0.05, 0) is 31.6 Å². The Bertz CT molecular complexity index is 459. The van der Waals surface area contributed by atoms with Crippen LogP contribution in [0.1, 0.15) is 37.7 Å². The highest BCUT2D eigenvalue weighted by atomic mass is 15.2. The third-order valence-corrected chi connectivity index (χ3v) is 4.68. The summed E-state index contributed by atoms with van der Waals surface area (Å²) in [5.41, 5.74) is 7.36. The lowest BCUT2D eigenvalue weighted by Gasteiger charge is -2.29. The van der Waals surface area contributed by atoms with Crippen molar-refractivity contribution in [2.24, 2.45) is 17.6 Å². The minimum absolute atomic E-state index is 0.386. The zero-order chi connectivity index (χ0) is 13.4. The molecule has 0 amide bonds. The van der Waals surface area contributed by atoms with E-state index in [1.807, 2.05) is 0 Å². The fourth-order valence-corrected chi connectivity index (χ4v) is 3.64. The Kier molecular flexibility index (Phi) is 3.44. The topological polar surface area (TPSA) is 55.0 Å². The van der Waals surface area contributed by atoms with Gasteiger partial charge in [-0.15, -0.1) is 0 Å². The predicted octanol–water partition coefficient (Wildman–Crippen LogP) is 1.91. The van der Waals surface area contributed by atoms with Crippen molar-refractivity contribution < 1.29 is 0 Å². The van der Waals surface area contributed by atoms with E-state index in [0.29, 0.717) is 12.0 Å². The largest absolute Gasteiger partial charge is 0.356 e. The highest BCUT2D eigenvalue weighted by Crippen LogP contribution is 2.37. The first-order valence-corrected chi connectivity index (χ1v) is 7.52. The molecule has 0 bridgehead atoms. The van der Waals surface area contributed by atoms with E-state index < -0.39 is 0 Å². The van der Waals surface area contributed by atoms with Crippen molar-refractivity contribution in [1.29, 1.82) is 0 Å². The van der Waals surface area contributed by atoms with Crippen molar-refractivity contribution >= 4 is 5.82 Å². The summed E-state index contributed by atoms with van der Waals surface area (Å²) in [6.45, 7) is 6.36. The minimum Gasteiger partial charge on any atom is -0.356 e. The lowest BCUT2D eigenvalue weighted by Crippen LogP contribution is -2.38. The molecule has 2 fully saturated rings. The molecule has 2 aliphatic rings. The molecule has 1 saturated carbocycles. The van der Waals surface area contributed by atoms with Crippen molar-refractivity contribution in [3.8, 4) is 0 Å². The maximum Gasteiger partial charge on any atom is 0.132 e. The van der Waals surface area contributed by atoms with Gasteiger partial charge in [-0.2, -0.15) is 0 Å². The molecule has 1 aliphatic carbocycles. The van der Waals surface area contributed by atoms with E-state index in [-0.39, 0.29) is 0 Å². The molecule has 1 saturated heterocycles. The van der Waals surface area contributed by atoms with Crippen molar-refractivity contribution in [3.05, 3.63) is 17.6 Å².